The molecule has 0 heterocycles. The Bertz CT molecular complexity index is 995. The van der Waals surface area contributed by atoms with E-state index in [9.17, 15) is 0 Å². The quantitative estimate of drug-likeness (QED) is 0.364. The van der Waals surface area contributed by atoms with Crippen LogP contribution < -0.4 is 10.9 Å². The maximum atomic E-state index is 6.53. The lowest BCUT2D eigenvalue weighted by Crippen LogP contribution is -2.25. The molecule has 0 aliphatic rings. The van der Waals surface area contributed by atoms with E-state index in [1.165, 1.54) is 5.56 Å². The molecule has 0 radical (unpaired) electrons. The molecule has 0 fully saturated rings. The monoisotopic (exact) mass is 336 g/mol. The fourth-order valence-corrected chi connectivity index (χ4v) is 3.15. The molecule has 4 aromatic rings. The van der Waals surface area contributed by atoms with E-state index >= 15 is 0 Å². The van der Waals surface area contributed by atoms with Crippen molar-refractivity contribution in [2.45, 2.75) is 0 Å². The van der Waals surface area contributed by atoms with Gasteiger partial charge in [0.15, 0.2) is 0 Å². The van der Waals surface area contributed by atoms with Gasteiger partial charge in [0.05, 0.1) is 11.4 Å². The van der Waals surface area contributed by atoms with Crippen LogP contribution in [0.2, 0.25) is 0 Å². The third-order valence-corrected chi connectivity index (χ3v) is 4.48. The highest BCUT2D eigenvalue weighted by molar-refractivity contribution is 5.82. The highest BCUT2D eigenvalue weighted by Crippen LogP contribution is 2.34. The Kier molecular flexibility index (Phi) is 4.50. The SMILES string of the molecule is NN(c1cccc(-c2ccccc2)c1)c1ccccc1-c1ccccc1. The van der Waals surface area contributed by atoms with Crippen LogP contribution in [0.15, 0.2) is 109 Å². The standard InChI is InChI=1S/C24H20N2/c25-26(22-15-9-14-21(18-22)19-10-3-1-4-11-19)24-17-8-7-16-23(24)20-12-5-2-6-13-20/h1-18H,25H2. The third kappa shape index (κ3) is 3.23. The molecule has 4 aromatic carbocycles. The highest BCUT2D eigenvalue weighted by Gasteiger charge is 2.11. The lowest BCUT2D eigenvalue weighted by Gasteiger charge is -2.23. The zero-order valence-electron chi connectivity index (χ0n) is 14.4. The van der Waals surface area contributed by atoms with Crippen molar-refractivity contribution in [1.82, 2.24) is 0 Å². The van der Waals surface area contributed by atoms with Gasteiger partial charge in [-0.05, 0) is 34.9 Å². The molecular formula is C24H20N2. The third-order valence-electron chi connectivity index (χ3n) is 4.48. The number of anilines is 2. The summed E-state index contributed by atoms with van der Waals surface area (Å²) in [6.07, 6.45) is 0. The summed E-state index contributed by atoms with van der Waals surface area (Å²) in [6, 6.07) is 37.2. The minimum atomic E-state index is 0.953. The second kappa shape index (κ2) is 7.26. The van der Waals surface area contributed by atoms with Crippen LogP contribution in [0.1, 0.15) is 0 Å². The molecule has 0 amide bonds. The van der Waals surface area contributed by atoms with Gasteiger partial charge < -0.3 is 0 Å². The van der Waals surface area contributed by atoms with Crippen molar-refractivity contribution < 1.29 is 0 Å². The fourth-order valence-electron chi connectivity index (χ4n) is 3.15. The first-order valence-electron chi connectivity index (χ1n) is 8.68. The number of nitrogens with two attached hydrogens (primary N) is 1. The molecule has 126 valence electrons. The molecule has 0 atom stereocenters. The second-order valence-corrected chi connectivity index (χ2v) is 6.17. The van der Waals surface area contributed by atoms with Gasteiger partial charge in [-0.25, -0.2) is 5.84 Å². The Morgan fingerprint density at radius 2 is 1.08 bits per heavy atom. The summed E-state index contributed by atoms with van der Waals surface area (Å²) in [6.45, 7) is 0. The van der Waals surface area contributed by atoms with Crippen molar-refractivity contribution in [3.63, 3.8) is 0 Å². The van der Waals surface area contributed by atoms with Crippen LogP contribution in [0.5, 0.6) is 0 Å². The lowest BCUT2D eigenvalue weighted by molar-refractivity contribution is 1.09. The molecule has 0 spiro atoms. The molecule has 0 bridgehead atoms. The van der Waals surface area contributed by atoms with E-state index in [2.05, 4.69) is 48.5 Å². The fraction of sp³-hybridized carbons (Fsp3) is 0. The van der Waals surface area contributed by atoms with Crippen molar-refractivity contribution in [2.24, 2.45) is 5.84 Å². The van der Waals surface area contributed by atoms with Gasteiger partial charge in [0.2, 0.25) is 0 Å². The molecule has 0 unspecified atom stereocenters. The Balaban J connectivity index is 1.75. The minimum absolute atomic E-state index is 0.953. The molecular weight excluding hydrogens is 316 g/mol. The summed E-state index contributed by atoms with van der Waals surface area (Å²) < 4.78 is 0. The van der Waals surface area contributed by atoms with Gasteiger partial charge in [0, 0.05) is 5.56 Å². The Morgan fingerprint density at radius 3 is 1.81 bits per heavy atom. The molecule has 0 saturated heterocycles. The Morgan fingerprint density at radius 1 is 0.500 bits per heavy atom. The average molecular weight is 336 g/mol. The number of benzene rings is 4. The van der Waals surface area contributed by atoms with E-state index in [1.807, 2.05) is 60.7 Å². The summed E-state index contributed by atoms with van der Waals surface area (Å²) >= 11 is 0. The molecule has 26 heavy (non-hydrogen) atoms. The predicted octanol–water partition coefficient (Wildman–Crippen LogP) is 6.03. The smallest absolute Gasteiger partial charge is 0.0653 e. The zero-order valence-corrected chi connectivity index (χ0v) is 14.4. The van der Waals surface area contributed by atoms with Crippen molar-refractivity contribution in [3.05, 3.63) is 109 Å². The van der Waals surface area contributed by atoms with E-state index in [-0.39, 0.29) is 0 Å². The molecule has 2 N–H and O–H groups in total. The van der Waals surface area contributed by atoms with Crippen LogP contribution in [0, 0.1) is 0 Å². The Labute approximate surface area is 154 Å². The minimum Gasteiger partial charge on any atom is -0.279 e. The summed E-state index contributed by atoms with van der Waals surface area (Å²) in [7, 11) is 0. The van der Waals surface area contributed by atoms with Gasteiger partial charge >= 0.3 is 0 Å². The van der Waals surface area contributed by atoms with E-state index in [0.717, 1.165) is 28.1 Å². The molecule has 0 saturated carbocycles. The van der Waals surface area contributed by atoms with Crippen molar-refractivity contribution in [2.75, 3.05) is 5.01 Å². The number of nitrogens with zero attached hydrogens (tertiary/aromatic N) is 1. The number of hydrazine groups is 1. The normalized spacial score (nSPS) is 10.5. The zero-order chi connectivity index (χ0) is 17.8. The number of hydrogen-bond acceptors (Lipinski definition) is 2. The van der Waals surface area contributed by atoms with Gasteiger partial charge in [-0.3, -0.25) is 5.01 Å². The maximum Gasteiger partial charge on any atom is 0.0653 e. The first-order valence-corrected chi connectivity index (χ1v) is 8.68. The van der Waals surface area contributed by atoms with Crippen LogP contribution in [0.25, 0.3) is 22.3 Å². The van der Waals surface area contributed by atoms with Gasteiger partial charge in [0.25, 0.3) is 0 Å². The molecule has 0 aromatic heterocycles. The van der Waals surface area contributed by atoms with Gasteiger partial charge in [-0.1, -0.05) is 91.0 Å². The first-order chi connectivity index (χ1) is 12.8. The average Bonchev–Trinajstić information content (AvgIpc) is 2.74. The van der Waals surface area contributed by atoms with Crippen LogP contribution in [-0.2, 0) is 0 Å². The highest BCUT2D eigenvalue weighted by atomic mass is 15.4. The molecule has 0 aliphatic carbocycles. The van der Waals surface area contributed by atoms with Gasteiger partial charge in [-0.2, -0.15) is 0 Å². The molecule has 4 rings (SSSR count). The first kappa shape index (κ1) is 16.1. The van der Waals surface area contributed by atoms with Crippen molar-refractivity contribution in [3.8, 4) is 22.3 Å². The molecule has 2 heteroatoms. The number of hydrogen-bond donors (Lipinski definition) is 1. The number of para-hydroxylation sites is 1. The summed E-state index contributed by atoms with van der Waals surface area (Å²) in [5.74, 6) is 6.53. The van der Waals surface area contributed by atoms with Crippen molar-refractivity contribution >= 4 is 11.4 Å². The van der Waals surface area contributed by atoms with Crippen LogP contribution >= 0.6 is 0 Å². The Hall–Kier alpha value is -3.36. The summed E-state index contributed by atoms with van der Waals surface area (Å²) in [5.41, 5.74) is 6.52. The second-order valence-electron chi connectivity index (χ2n) is 6.17. The number of rotatable bonds is 4. The largest absolute Gasteiger partial charge is 0.279 e. The van der Waals surface area contributed by atoms with Crippen LogP contribution in [-0.4, -0.2) is 0 Å². The maximum absolute atomic E-state index is 6.53. The van der Waals surface area contributed by atoms with E-state index in [0.29, 0.717) is 0 Å². The predicted molar refractivity (Wildman–Crippen MR) is 110 cm³/mol. The van der Waals surface area contributed by atoms with Gasteiger partial charge in [-0.15, -0.1) is 0 Å². The van der Waals surface area contributed by atoms with Crippen LogP contribution in [0.3, 0.4) is 0 Å². The topological polar surface area (TPSA) is 29.3 Å². The van der Waals surface area contributed by atoms with Crippen LogP contribution in [0.4, 0.5) is 11.4 Å². The molecule has 2 nitrogen and oxygen atoms in total. The van der Waals surface area contributed by atoms with E-state index in [1.54, 1.807) is 5.01 Å². The van der Waals surface area contributed by atoms with Gasteiger partial charge in [0.1, 0.15) is 0 Å². The molecule has 0 aliphatic heterocycles. The summed E-state index contributed by atoms with van der Waals surface area (Å²) in [5, 5.41) is 1.76. The lowest BCUT2D eigenvalue weighted by atomic mass is 10.0. The summed E-state index contributed by atoms with van der Waals surface area (Å²) in [4.78, 5) is 0. The van der Waals surface area contributed by atoms with E-state index in [4.69, 9.17) is 5.84 Å². The van der Waals surface area contributed by atoms with Crippen molar-refractivity contribution in [1.29, 1.82) is 0 Å². The van der Waals surface area contributed by atoms with E-state index < -0.39 is 0 Å².